The van der Waals surface area contributed by atoms with Gasteiger partial charge < -0.3 is 5.32 Å². The molecule has 0 heterocycles. The van der Waals surface area contributed by atoms with E-state index in [0.717, 1.165) is 0 Å². The molecule has 0 radical (unpaired) electrons. The van der Waals surface area contributed by atoms with Crippen LogP contribution in [0.2, 0.25) is 0 Å². The highest BCUT2D eigenvalue weighted by Gasteiger charge is 2.15. The highest BCUT2D eigenvalue weighted by atomic mass is 32.2. The lowest BCUT2D eigenvalue weighted by atomic mass is 10.2. The Labute approximate surface area is 133 Å². The van der Waals surface area contributed by atoms with E-state index in [2.05, 4.69) is 5.32 Å². The number of amides is 1. The summed E-state index contributed by atoms with van der Waals surface area (Å²) < 4.78 is 49.5. The molecule has 2 aromatic rings. The Hall–Kier alpha value is -2.28. The smallest absolute Gasteiger partial charge is 0.225 e. The van der Waals surface area contributed by atoms with Gasteiger partial charge in [0.05, 0.1) is 11.5 Å². The second kappa shape index (κ2) is 7.32. The first-order valence-electron chi connectivity index (χ1n) is 6.84. The number of hydrogen-bond acceptors (Lipinski definition) is 3. The Balaban J connectivity index is 1.87. The lowest BCUT2D eigenvalue weighted by Gasteiger charge is -2.06. The fourth-order valence-electron chi connectivity index (χ4n) is 1.91. The maximum atomic E-state index is 12.8. The fraction of sp³-hybridized carbons (Fsp3) is 0.188. The number of sulfone groups is 1. The highest BCUT2D eigenvalue weighted by molar-refractivity contribution is 7.90. The molecule has 0 aromatic heterocycles. The normalized spacial score (nSPS) is 11.2. The number of hydrogen-bond donors (Lipinski definition) is 1. The molecule has 4 nitrogen and oxygen atoms in total. The second-order valence-electron chi connectivity index (χ2n) is 5.02. The van der Waals surface area contributed by atoms with Crippen LogP contribution in [0.15, 0.2) is 48.5 Å². The minimum atomic E-state index is -3.48. The van der Waals surface area contributed by atoms with Gasteiger partial charge >= 0.3 is 0 Å². The Morgan fingerprint density at radius 2 is 1.43 bits per heavy atom. The van der Waals surface area contributed by atoms with Crippen LogP contribution in [0.1, 0.15) is 12.0 Å². The van der Waals surface area contributed by atoms with E-state index >= 15 is 0 Å². The van der Waals surface area contributed by atoms with Crippen molar-refractivity contribution in [2.24, 2.45) is 0 Å². The van der Waals surface area contributed by atoms with E-state index in [1.54, 1.807) is 0 Å². The lowest BCUT2D eigenvalue weighted by molar-refractivity contribution is -0.115. The first-order valence-corrected chi connectivity index (χ1v) is 8.66. The molecule has 0 aliphatic heterocycles. The molecule has 0 saturated carbocycles. The Bertz CT molecular complexity index is 772. The number of carbonyl (C=O) groups is 1. The van der Waals surface area contributed by atoms with Gasteiger partial charge in [0.1, 0.15) is 11.6 Å². The molecule has 0 aliphatic carbocycles. The largest absolute Gasteiger partial charge is 0.326 e. The van der Waals surface area contributed by atoms with Gasteiger partial charge in [-0.15, -0.1) is 0 Å². The summed E-state index contributed by atoms with van der Waals surface area (Å²) in [5, 5.41) is 2.49. The summed E-state index contributed by atoms with van der Waals surface area (Å²) in [6.07, 6.45) is -0.207. The monoisotopic (exact) mass is 339 g/mol. The number of halogens is 2. The van der Waals surface area contributed by atoms with Gasteiger partial charge in [-0.1, -0.05) is 12.1 Å². The molecule has 2 aromatic carbocycles. The van der Waals surface area contributed by atoms with E-state index in [1.807, 2.05) is 0 Å². The van der Waals surface area contributed by atoms with Crippen LogP contribution in [0.25, 0.3) is 0 Å². The molecule has 7 heteroatoms. The van der Waals surface area contributed by atoms with E-state index < -0.39 is 27.4 Å². The Morgan fingerprint density at radius 1 is 0.913 bits per heavy atom. The van der Waals surface area contributed by atoms with Crippen LogP contribution < -0.4 is 5.32 Å². The predicted molar refractivity (Wildman–Crippen MR) is 83.5 cm³/mol. The molecule has 1 N–H and O–H groups in total. The van der Waals surface area contributed by atoms with Crippen molar-refractivity contribution in [3.8, 4) is 0 Å². The van der Waals surface area contributed by atoms with Crippen molar-refractivity contribution in [1.82, 2.24) is 0 Å². The van der Waals surface area contributed by atoms with Crippen LogP contribution in [-0.2, 0) is 20.4 Å². The van der Waals surface area contributed by atoms with Crippen molar-refractivity contribution in [3.63, 3.8) is 0 Å². The van der Waals surface area contributed by atoms with Crippen molar-refractivity contribution in [2.75, 3.05) is 11.1 Å². The summed E-state index contributed by atoms with van der Waals surface area (Å²) in [6.45, 7) is 0. The van der Waals surface area contributed by atoms with Gasteiger partial charge in [0.25, 0.3) is 0 Å². The quantitative estimate of drug-likeness (QED) is 0.880. The van der Waals surface area contributed by atoms with E-state index in [9.17, 15) is 22.0 Å². The third kappa shape index (κ3) is 5.78. The van der Waals surface area contributed by atoms with Crippen LogP contribution in [0, 0.1) is 11.6 Å². The molecule has 0 bridgehead atoms. The zero-order valence-electron chi connectivity index (χ0n) is 12.1. The lowest BCUT2D eigenvalue weighted by Crippen LogP contribution is -2.18. The topological polar surface area (TPSA) is 63.2 Å². The SMILES string of the molecule is O=C(CCS(=O)(=O)Cc1ccc(F)cc1)Nc1ccc(F)cc1. The molecular weight excluding hydrogens is 324 g/mol. The maximum absolute atomic E-state index is 12.8. The number of nitrogens with one attached hydrogen (secondary N) is 1. The summed E-state index contributed by atoms with van der Waals surface area (Å²) in [6, 6.07) is 10.3. The van der Waals surface area contributed by atoms with Crippen molar-refractivity contribution >= 4 is 21.4 Å². The molecule has 0 unspecified atom stereocenters. The number of carbonyl (C=O) groups excluding carboxylic acids is 1. The molecule has 0 saturated heterocycles. The Kier molecular flexibility index (Phi) is 5.44. The molecule has 1 amide bonds. The van der Waals surface area contributed by atoms with Gasteiger partial charge in [-0.2, -0.15) is 0 Å². The van der Waals surface area contributed by atoms with E-state index in [4.69, 9.17) is 0 Å². The standard InChI is InChI=1S/C16H15F2NO3S/c17-13-3-1-12(2-4-13)11-23(21,22)10-9-16(20)19-15-7-5-14(18)6-8-15/h1-8H,9-11H2,(H,19,20). The zero-order valence-corrected chi connectivity index (χ0v) is 12.9. The van der Waals surface area contributed by atoms with Gasteiger partial charge in [0.2, 0.25) is 5.91 Å². The van der Waals surface area contributed by atoms with Crippen molar-refractivity contribution in [1.29, 1.82) is 0 Å². The molecule has 2 rings (SSSR count). The zero-order chi connectivity index (χ0) is 16.9. The Morgan fingerprint density at radius 3 is 2.00 bits per heavy atom. The van der Waals surface area contributed by atoms with E-state index in [1.165, 1.54) is 48.5 Å². The second-order valence-corrected chi connectivity index (χ2v) is 7.21. The number of benzene rings is 2. The van der Waals surface area contributed by atoms with Gasteiger partial charge in [-0.3, -0.25) is 4.79 Å². The van der Waals surface area contributed by atoms with Gasteiger partial charge in [-0.05, 0) is 42.0 Å². The van der Waals surface area contributed by atoms with Crippen LogP contribution in [-0.4, -0.2) is 20.1 Å². The van der Waals surface area contributed by atoms with Crippen LogP contribution in [0.4, 0.5) is 14.5 Å². The first kappa shape index (κ1) is 17.1. The van der Waals surface area contributed by atoms with Crippen LogP contribution in [0.3, 0.4) is 0 Å². The molecule has 0 aliphatic rings. The van der Waals surface area contributed by atoms with Crippen molar-refractivity contribution in [3.05, 3.63) is 65.7 Å². The molecule has 0 spiro atoms. The molecule has 0 atom stereocenters. The molecule has 23 heavy (non-hydrogen) atoms. The van der Waals surface area contributed by atoms with Crippen LogP contribution >= 0.6 is 0 Å². The van der Waals surface area contributed by atoms with E-state index in [-0.39, 0.29) is 17.9 Å². The average molecular weight is 339 g/mol. The molecular formula is C16H15F2NO3S. The van der Waals surface area contributed by atoms with Crippen molar-refractivity contribution in [2.45, 2.75) is 12.2 Å². The summed E-state index contributed by atoms with van der Waals surface area (Å²) in [4.78, 5) is 11.7. The first-order chi connectivity index (χ1) is 10.8. The minimum absolute atomic E-state index is 0.207. The fourth-order valence-corrected chi connectivity index (χ4v) is 3.25. The average Bonchev–Trinajstić information content (AvgIpc) is 2.50. The number of anilines is 1. The van der Waals surface area contributed by atoms with Gasteiger partial charge in [0, 0.05) is 12.1 Å². The molecule has 0 fully saturated rings. The predicted octanol–water partition coefficient (Wildman–Crippen LogP) is 2.91. The summed E-state index contributed by atoms with van der Waals surface area (Å²) in [5.41, 5.74) is 0.859. The molecule has 122 valence electrons. The maximum Gasteiger partial charge on any atom is 0.225 e. The van der Waals surface area contributed by atoms with Crippen molar-refractivity contribution < 1.29 is 22.0 Å². The minimum Gasteiger partial charge on any atom is -0.326 e. The van der Waals surface area contributed by atoms with Crippen LogP contribution in [0.5, 0.6) is 0 Å². The third-order valence-electron chi connectivity index (χ3n) is 3.07. The third-order valence-corrected chi connectivity index (χ3v) is 4.67. The van der Waals surface area contributed by atoms with Gasteiger partial charge in [-0.25, -0.2) is 17.2 Å². The highest BCUT2D eigenvalue weighted by Crippen LogP contribution is 2.11. The van der Waals surface area contributed by atoms with Gasteiger partial charge in [0.15, 0.2) is 9.84 Å². The van der Waals surface area contributed by atoms with E-state index in [0.29, 0.717) is 11.3 Å². The summed E-state index contributed by atoms with van der Waals surface area (Å²) in [5.74, 6) is -1.91. The summed E-state index contributed by atoms with van der Waals surface area (Å²) >= 11 is 0. The number of rotatable bonds is 6. The summed E-state index contributed by atoms with van der Waals surface area (Å²) in [7, 11) is -3.48.